The molecule has 0 aromatic carbocycles. The summed E-state index contributed by atoms with van der Waals surface area (Å²) >= 11 is 0. The summed E-state index contributed by atoms with van der Waals surface area (Å²) in [6.07, 6.45) is 13.3. The predicted octanol–water partition coefficient (Wildman–Crippen LogP) is 7.33. The normalized spacial score (nSPS) is 31.6. The highest BCUT2D eigenvalue weighted by Crippen LogP contribution is 2.47. The zero-order chi connectivity index (χ0) is 50.2. The number of aliphatic hydroxyl groups excluding tert-OH is 8. The fourth-order valence-electron chi connectivity index (χ4n) is 8.77. The zero-order valence-electron chi connectivity index (χ0n) is 41.2. The van der Waals surface area contributed by atoms with Crippen LogP contribution >= 0.6 is 7.82 Å². The van der Waals surface area contributed by atoms with Crippen LogP contribution in [-0.2, 0) is 32.7 Å². The standard InChI is InChI=1S/C51H91O16P/c1-3-5-7-8-9-10-11-12-13-14-15-16-17-18-19-20-21-22-28-32-45(56)66-39-36-64-44(55)31-27-24-23-26-30-40-42(53)35-43(54)41(34-33-38(52)29-25-6-4-2)47(58)49(60)51(50(61)48(59)46(40)57)67-68(62,63)65-37-39/h9-10,12-13,33-34,38-43,46-54,57-61H,3-8,11,14-32,35-37H2,1-2H3,(H,62,63)/b10-9-,13-12-,34-33+/t38-,39+,40-,41-,42-,43+,46+,47+,48-,49+,50+,51+/m0/s1. The van der Waals surface area contributed by atoms with Crippen LogP contribution in [0.1, 0.15) is 187 Å². The second kappa shape index (κ2) is 36.8. The summed E-state index contributed by atoms with van der Waals surface area (Å²) in [6, 6.07) is 0. The van der Waals surface area contributed by atoms with Crippen LogP contribution in [-0.4, -0.2) is 132 Å². The molecular formula is C51H91O16P. The maximum Gasteiger partial charge on any atom is 0.472 e. The van der Waals surface area contributed by atoms with Crippen LogP contribution in [0, 0.1) is 11.8 Å². The molecule has 0 aromatic rings. The Morgan fingerprint density at radius 1 is 0.706 bits per heavy atom. The summed E-state index contributed by atoms with van der Waals surface area (Å²) in [4.78, 5) is 36.6. The van der Waals surface area contributed by atoms with Gasteiger partial charge in [0.2, 0.25) is 0 Å². The number of hydrogen-bond acceptors (Lipinski definition) is 15. The number of allylic oxidation sites excluding steroid dienone is 4. The summed E-state index contributed by atoms with van der Waals surface area (Å²) in [5.74, 6) is -3.89. The molecule has 17 heteroatoms. The van der Waals surface area contributed by atoms with Crippen LogP contribution in [0.4, 0.5) is 0 Å². The van der Waals surface area contributed by atoms with Gasteiger partial charge in [-0.2, -0.15) is 0 Å². The molecule has 1 heterocycles. The van der Waals surface area contributed by atoms with Crippen molar-refractivity contribution in [2.75, 3.05) is 13.2 Å². The highest BCUT2D eigenvalue weighted by Gasteiger charge is 2.49. The minimum absolute atomic E-state index is 0.00765. The van der Waals surface area contributed by atoms with Crippen molar-refractivity contribution in [1.29, 1.82) is 0 Å². The van der Waals surface area contributed by atoms with Crippen molar-refractivity contribution in [2.45, 2.75) is 248 Å². The lowest BCUT2D eigenvalue weighted by atomic mass is 9.82. The van der Waals surface area contributed by atoms with E-state index in [9.17, 15) is 59.9 Å². The van der Waals surface area contributed by atoms with Crippen LogP contribution in [0.2, 0.25) is 0 Å². The van der Waals surface area contributed by atoms with Gasteiger partial charge in [0.1, 0.15) is 31.0 Å². The Morgan fingerprint density at radius 2 is 1.29 bits per heavy atom. The minimum atomic E-state index is -5.44. The fourth-order valence-corrected chi connectivity index (χ4v) is 9.74. The summed E-state index contributed by atoms with van der Waals surface area (Å²) in [7, 11) is -5.44. The van der Waals surface area contributed by atoms with E-state index < -0.39 is 112 Å². The lowest BCUT2D eigenvalue weighted by Crippen LogP contribution is -2.55. The van der Waals surface area contributed by atoms with E-state index in [1.807, 2.05) is 6.92 Å². The smallest absolute Gasteiger partial charge is 0.462 e. The van der Waals surface area contributed by atoms with Crippen molar-refractivity contribution in [2.24, 2.45) is 11.8 Å². The van der Waals surface area contributed by atoms with Crippen molar-refractivity contribution >= 4 is 19.8 Å². The van der Waals surface area contributed by atoms with Crippen molar-refractivity contribution in [1.82, 2.24) is 0 Å². The van der Waals surface area contributed by atoms with Gasteiger partial charge in [-0.15, -0.1) is 0 Å². The van der Waals surface area contributed by atoms with E-state index in [-0.39, 0.29) is 19.3 Å². The maximum absolute atomic E-state index is 13.6. The third-order valence-corrected chi connectivity index (χ3v) is 14.0. The van der Waals surface area contributed by atoms with Gasteiger partial charge in [-0.3, -0.25) is 18.6 Å². The first-order valence-electron chi connectivity index (χ1n) is 26.0. The molecule has 2 rings (SSSR count). The number of carbonyl (C=O) groups excluding carboxylic acids is 2. The summed E-state index contributed by atoms with van der Waals surface area (Å²) < 4.78 is 34.9. The molecule has 1 aliphatic heterocycles. The number of hydrogen-bond donors (Lipinski definition) is 9. The summed E-state index contributed by atoms with van der Waals surface area (Å²) in [5.41, 5.74) is 0. The number of cyclic esters (lactones) is 1. The monoisotopic (exact) mass is 991 g/mol. The highest BCUT2D eigenvalue weighted by molar-refractivity contribution is 7.47. The molecule has 0 aromatic heterocycles. The number of carbonyl (C=O) groups is 2. The van der Waals surface area contributed by atoms with Crippen molar-refractivity contribution in [3.63, 3.8) is 0 Å². The van der Waals surface area contributed by atoms with Crippen molar-refractivity contribution in [3.05, 3.63) is 36.5 Å². The largest absolute Gasteiger partial charge is 0.472 e. The molecule has 9 N–H and O–H groups in total. The Morgan fingerprint density at radius 3 is 1.96 bits per heavy atom. The van der Waals surface area contributed by atoms with E-state index in [0.717, 1.165) is 64.2 Å². The van der Waals surface area contributed by atoms with Crippen LogP contribution < -0.4 is 0 Å². The fraction of sp³-hybridized carbons (Fsp3) is 0.843. The summed E-state index contributed by atoms with van der Waals surface area (Å²) in [6.45, 7) is 2.85. The molecule has 2 fully saturated rings. The summed E-state index contributed by atoms with van der Waals surface area (Å²) in [5, 5.41) is 90.4. The van der Waals surface area contributed by atoms with Gasteiger partial charge in [0, 0.05) is 31.1 Å². The van der Waals surface area contributed by atoms with E-state index in [4.69, 9.17) is 18.5 Å². The minimum Gasteiger partial charge on any atom is -0.462 e. The van der Waals surface area contributed by atoms with Crippen LogP contribution in [0.5, 0.6) is 0 Å². The molecule has 0 amide bonds. The number of fused-ring (bicyclic) bond motifs is 4. The molecule has 2 bridgehead atoms. The van der Waals surface area contributed by atoms with Gasteiger partial charge >= 0.3 is 19.8 Å². The lowest BCUT2D eigenvalue weighted by molar-refractivity contribution is -0.167. The van der Waals surface area contributed by atoms with Gasteiger partial charge < -0.3 is 55.2 Å². The topological polar surface area (TPSA) is 270 Å². The molecule has 1 aliphatic carbocycles. The van der Waals surface area contributed by atoms with Gasteiger partial charge in [-0.1, -0.05) is 147 Å². The number of phosphoric acid groups is 1. The molecule has 13 atom stereocenters. The predicted molar refractivity (Wildman–Crippen MR) is 260 cm³/mol. The maximum atomic E-state index is 13.6. The number of ether oxygens (including phenoxy) is 2. The molecule has 2 aliphatic rings. The molecule has 0 radical (unpaired) electrons. The van der Waals surface area contributed by atoms with Gasteiger partial charge in [0.15, 0.2) is 6.10 Å². The molecule has 396 valence electrons. The van der Waals surface area contributed by atoms with E-state index in [1.54, 1.807) is 0 Å². The number of aliphatic hydroxyl groups is 8. The number of esters is 2. The van der Waals surface area contributed by atoms with Crippen LogP contribution in [0.15, 0.2) is 36.5 Å². The Bertz CT molecular complexity index is 1460. The highest BCUT2D eigenvalue weighted by atomic mass is 31.2. The molecule has 1 saturated carbocycles. The van der Waals surface area contributed by atoms with Crippen molar-refractivity contribution in [3.8, 4) is 0 Å². The molecule has 0 spiro atoms. The average molecular weight is 991 g/mol. The third-order valence-electron chi connectivity index (χ3n) is 13.0. The second-order valence-electron chi connectivity index (χ2n) is 19.0. The SMILES string of the molecule is CCCCC/C=C\C/C=C\CCCCCCCCCCCC(=O)O[C@@H]1COC(=O)CCCCCC[C@@H]2[C@@H](O)[C@H](O)[C@@H](O)[C@H](OP(=O)(O)OC1)[C@H](O)[C@H](O)[C@@H](/C=C/[C@@H](O)CCCCC)[C@H](O)C[C@@H]2O. The molecule has 68 heavy (non-hydrogen) atoms. The van der Waals surface area contributed by atoms with E-state index >= 15 is 0 Å². The van der Waals surface area contributed by atoms with Crippen LogP contribution in [0.3, 0.4) is 0 Å². The van der Waals surface area contributed by atoms with Gasteiger partial charge in [-0.25, -0.2) is 4.57 Å². The Hall–Kier alpha value is -2.05. The third kappa shape index (κ3) is 26.4. The average Bonchev–Trinajstić information content (AvgIpc) is 3.31. The molecular weight excluding hydrogens is 900 g/mol. The van der Waals surface area contributed by atoms with E-state index in [0.29, 0.717) is 44.9 Å². The lowest BCUT2D eigenvalue weighted by Gasteiger charge is -2.37. The van der Waals surface area contributed by atoms with Crippen LogP contribution in [0.25, 0.3) is 0 Å². The first kappa shape index (κ1) is 62.1. The molecule has 1 unspecified atom stereocenters. The second-order valence-corrected chi connectivity index (χ2v) is 20.4. The first-order chi connectivity index (χ1) is 32.6. The number of rotatable bonds is 25. The van der Waals surface area contributed by atoms with Gasteiger partial charge in [-0.05, 0) is 57.8 Å². The molecule has 16 nitrogen and oxygen atoms in total. The van der Waals surface area contributed by atoms with E-state index in [1.165, 1.54) is 50.7 Å². The van der Waals surface area contributed by atoms with Gasteiger partial charge in [0.05, 0.1) is 37.1 Å². The van der Waals surface area contributed by atoms with E-state index in [2.05, 4.69) is 31.2 Å². The molecule has 1 saturated heterocycles. The quantitative estimate of drug-likeness (QED) is 0.0187. The number of unbranched alkanes of at least 4 members (excludes halogenated alkanes) is 14. The Kier molecular flexibility index (Phi) is 33.6. The number of phosphoric ester groups is 1. The van der Waals surface area contributed by atoms with Crippen molar-refractivity contribution < 1.29 is 78.4 Å². The zero-order valence-corrected chi connectivity index (χ0v) is 42.1. The first-order valence-corrected chi connectivity index (χ1v) is 27.5. The van der Waals surface area contributed by atoms with Gasteiger partial charge in [0.25, 0.3) is 0 Å². The Labute approximate surface area is 406 Å². The Balaban J connectivity index is 2.08.